The van der Waals surface area contributed by atoms with Crippen molar-refractivity contribution in [1.29, 1.82) is 5.26 Å². The Balaban J connectivity index is 1.52. The van der Waals surface area contributed by atoms with Crippen LogP contribution in [0.15, 0.2) is 66.1 Å². The summed E-state index contributed by atoms with van der Waals surface area (Å²) in [6, 6.07) is 18.7. The van der Waals surface area contributed by atoms with Crippen molar-refractivity contribution in [3.8, 4) is 34.8 Å². The number of methoxy groups -OCH3 is 1. The van der Waals surface area contributed by atoms with Crippen molar-refractivity contribution in [2.75, 3.05) is 13.9 Å². The van der Waals surface area contributed by atoms with Gasteiger partial charge in [-0.1, -0.05) is 35.9 Å². The average Bonchev–Trinajstić information content (AvgIpc) is 3.28. The molecule has 2 N–H and O–H groups in total. The van der Waals surface area contributed by atoms with E-state index in [1.54, 1.807) is 19.2 Å². The molecule has 3 aromatic rings. The lowest BCUT2D eigenvalue weighted by molar-refractivity contribution is 0.174. The lowest BCUT2D eigenvalue weighted by atomic mass is 9.83. The fourth-order valence-electron chi connectivity index (χ4n) is 3.94. The van der Waals surface area contributed by atoms with Crippen LogP contribution in [0, 0.1) is 11.3 Å². The Morgan fingerprint density at radius 1 is 1.06 bits per heavy atom. The van der Waals surface area contributed by atoms with Gasteiger partial charge in [0.25, 0.3) is 0 Å². The molecule has 0 unspecified atom stereocenters. The molecule has 0 saturated carbocycles. The Morgan fingerprint density at radius 3 is 2.61 bits per heavy atom. The highest BCUT2D eigenvalue weighted by molar-refractivity contribution is 6.31. The molecule has 0 radical (unpaired) electrons. The first-order valence-electron chi connectivity index (χ1n) is 10.1. The average molecular weight is 463 g/mol. The van der Waals surface area contributed by atoms with Crippen molar-refractivity contribution in [1.82, 2.24) is 0 Å². The summed E-state index contributed by atoms with van der Waals surface area (Å²) in [4.78, 5) is 0. The van der Waals surface area contributed by atoms with E-state index in [9.17, 15) is 5.26 Å². The number of allylic oxidation sites excluding steroid dienone is 1. The number of rotatable bonds is 5. The topological polar surface area (TPSA) is 96.0 Å². The Labute approximate surface area is 195 Å². The summed E-state index contributed by atoms with van der Waals surface area (Å²) in [6.07, 6.45) is 0. The number of hydrogen-bond donors (Lipinski definition) is 1. The molecule has 0 fully saturated rings. The highest BCUT2D eigenvalue weighted by Crippen LogP contribution is 2.48. The third-order valence-electron chi connectivity index (χ3n) is 5.57. The molecule has 0 saturated heterocycles. The SMILES string of the molecule is COc1cc([C@H]2C(C#N)=C(N)Oc3cc4c(cc32)OCO4)ccc1OCc1ccccc1Cl. The predicted octanol–water partition coefficient (Wildman–Crippen LogP) is 4.87. The zero-order valence-corrected chi connectivity index (χ0v) is 18.4. The minimum absolute atomic E-state index is 0.0480. The first-order chi connectivity index (χ1) is 16.1. The number of ether oxygens (including phenoxy) is 5. The van der Waals surface area contributed by atoms with E-state index in [0.717, 1.165) is 16.7 Å². The maximum absolute atomic E-state index is 9.84. The van der Waals surface area contributed by atoms with Crippen LogP contribution in [0.3, 0.4) is 0 Å². The van der Waals surface area contributed by atoms with Crippen LogP contribution >= 0.6 is 11.6 Å². The van der Waals surface area contributed by atoms with Gasteiger partial charge in [0, 0.05) is 22.2 Å². The monoisotopic (exact) mass is 462 g/mol. The molecule has 0 aliphatic carbocycles. The van der Waals surface area contributed by atoms with Crippen LogP contribution in [0.5, 0.6) is 28.7 Å². The van der Waals surface area contributed by atoms with Crippen molar-refractivity contribution < 1.29 is 23.7 Å². The van der Waals surface area contributed by atoms with Crippen molar-refractivity contribution in [2.45, 2.75) is 12.5 Å². The van der Waals surface area contributed by atoms with Crippen molar-refractivity contribution in [3.05, 3.63) is 87.8 Å². The number of nitrogens with two attached hydrogens (primary N) is 1. The van der Waals surface area contributed by atoms with Gasteiger partial charge in [0.05, 0.1) is 13.0 Å². The second kappa shape index (κ2) is 8.49. The van der Waals surface area contributed by atoms with Gasteiger partial charge < -0.3 is 29.4 Å². The molecule has 166 valence electrons. The van der Waals surface area contributed by atoms with E-state index in [-0.39, 0.29) is 19.3 Å². The smallest absolute Gasteiger partial charge is 0.231 e. The summed E-state index contributed by atoms with van der Waals surface area (Å²) >= 11 is 6.23. The predicted molar refractivity (Wildman–Crippen MR) is 121 cm³/mol. The van der Waals surface area contributed by atoms with Gasteiger partial charge in [-0.2, -0.15) is 5.26 Å². The van der Waals surface area contributed by atoms with Gasteiger partial charge in [0.2, 0.25) is 12.7 Å². The highest BCUT2D eigenvalue weighted by atomic mass is 35.5. The number of benzene rings is 3. The molecule has 0 bridgehead atoms. The van der Waals surface area contributed by atoms with Crippen molar-refractivity contribution in [3.63, 3.8) is 0 Å². The third kappa shape index (κ3) is 3.75. The van der Waals surface area contributed by atoms with Crippen LogP contribution in [-0.2, 0) is 6.61 Å². The second-order valence-electron chi connectivity index (χ2n) is 7.46. The van der Waals surface area contributed by atoms with Gasteiger partial charge in [-0.15, -0.1) is 0 Å². The summed E-state index contributed by atoms with van der Waals surface area (Å²) in [5, 5.41) is 10.5. The number of nitriles is 1. The Kier molecular flexibility index (Phi) is 5.37. The molecule has 5 rings (SSSR count). The lowest BCUT2D eigenvalue weighted by Crippen LogP contribution is -2.21. The van der Waals surface area contributed by atoms with Crippen LogP contribution in [0.2, 0.25) is 5.02 Å². The number of nitrogens with zero attached hydrogens (tertiary/aromatic N) is 1. The molecule has 2 aliphatic rings. The van der Waals surface area contributed by atoms with E-state index in [0.29, 0.717) is 39.3 Å². The molecule has 2 heterocycles. The van der Waals surface area contributed by atoms with Gasteiger partial charge in [-0.25, -0.2) is 0 Å². The quantitative estimate of drug-likeness (QED) is 0.577. The second-order valence-corrected chi connectivity index (χ2v) is 7.87. The summed E-state index contributed by atoms with van der Waals surface area (Å²) < 4.78 is 28.3. The van der Waals surface area contributed by atoms with Crippen molar-refractivity contribution in [2.24, 2.45) is 5.73 Å². The summed E-state index contributed by atoms with van der Waals surface area (Å²) in [6.45, 7) is 0.414. The van der Waals surface area contributed by atoms with E-state index in [1.165, 1.54) is 0 Å². The molecule has 0 spiro atoms. The zero-order chi connectivity index (χ0) is 22.9. The van der Waals surface area contributed by atoms with Gasteiger partial charge >= 0.3 is 0 Å². The molecule has 2 aliphatic heterocycles. The van der Waals surface area contributed by atoms with E-state index in [4.69, 9.17) is 41.0 Å². The normalized spacial score (nSPS) is 16.0. The van der Waals surface area contributed by atoms with Crippen LogP contribution < -0.4 is 29.4 Å². The largest absolute Gasteiger partial charge is 0.493 e. The highest BCUT2D eigenvalue weighted by Gasteiger charge is 2.33. The van der Waals surface area contributed by atoms with Gasteiger partial charge in [-0.05, 0) is 29.8 Å². The van der Waals surface area contributed by atoms with Crippen molar-refractivity contribution >= 4 is 11.6 Å². The lowest BCUT2D eigenvalue weighted by Gasteiger charge is -2.27. The maximum atomic E-state index is 9.84. The van der Waals surface area contributed by atoms with Crippen LogP contribution in [0.4, 0.5) is 0 Å². The molecule has 1 atom stereocenters. The van der Waals surface area contributed by atoms with Gasteiger partial charge in [-0.3, -0.25) is 0 Å². The van der Waals surface area contributed by atoms with E-state index >= 15 is 0 Å². The van der Waals surface area contributed by atoms with E-state index in [1.807, 2.05) is 42.5 Å². The number of halogens is 1. The third-order valence-corrected chi connectivity index (χ3v) is 5.94. The molecule has 33 heavy (non-hydrogen) atoms. The summed E-state index contributed by atoms with van der Waals surface area (Å²) in [7, 11) is 1.56. The minimum Gasteiger partial charge on any atom is -0.493 e. The molecule has 3 aromatic carbocycles. The molecular formula is C25H19ClN2O5. The molecule has 0 amide bonds. The molecular weight excluding hydrogens is 444 g/mol. The van der Waals surface area contributed by atoms with Crippen LogP contribution in [0.1, 0.15) is 22.6 Å². The fourth-order valence-corrected chi connectivity index (χ4v) is 4.13. The van der Waals surface area contributed by atoms with E-state index in [2.05, 4.69) is 6.07 Å². The molecule has 8 heteroatoms. The van der Waals surface area contributed by atoms with Gasteiger partial charge in [0.1, 0.15) is 24.0 Å². The molecule has 0 aromatic heterocycles. The Morgan fingerprint density at radius 2 is 1.85 bits per heavy atom. The number of fused-ring (bicyclic) bond motifs is 2. The maximum Gasteiger partial charge on any atom is 0.231 e. The summed E-state index contributed by atoms with van der Waals surface area (Å²) in [5.41, 5.74) is 8.80. The van der Waals surface area contributed by atoms with Crippen LogP contribution in [0.25, 0.3) is 0 Å². The van der Waals surface area contributed by atoms with E-state index < -0.39 is 5.92 Å². The zero-order valence-electron chi connectivity index (χ0n) is 17.6. The summed E-state index contributed by atoms with van der Waals surface area (Å²) in [5.74, 6) is 2.32. The first kappa shape index (κ1) is 20.9. The first-order valence-corrected chi connectivity index (χ1v) is 10.5. The fraction of sp³-hybridized carbons (Fsp3) is 0.160. The Hall–Kier alpha value is -4.02. The van der Waals surface area contributed by atoms with Crippen LogP contribution in [-0.4, -0.2) is 13.9 Å². The number of hydrogen-bond acceptors (Lipinski definition) is 7. The van der Waals surface area contributed by atoms with Gasteiger partial charge in [0.15, 0.2) is 23.0 Å². The minimum atomic E-state index is -0.472. The Bertz CT molecular complexity index is 1310. The molecule has 7 nitrogen and oxygen atoms in total. The standard InChI is InChI=1S/C25H19ClN2O5/c1-29-21-8-14(6-7-19(21)30-12-15-4-2-3-5-18(15)26)24-16-9-22-23(32-13-31-22)10-20(16)33-25(28)17(24)11-27/h2-10,24H,12-13,28H2,1H3/t24-/m1/s1.